The predicted octanol–water partition coefficient (Wildman–Crippen LogP) is 2.19. The van der Waals surface area contributed by atoms with Gasteiger partial charge in [-0.25, -0.2) is 8.78 Å². The highest BCUT2D eigenvalue weighted by atomic mass is 19.2. The molecule has 3 N–H and O–H groups in total. The molecular weight excluding hydrogens is 240 g/mol. The maximum absolute atomic E-state index is 13.4. The molecule has 1 aromatic rings. The van der Waals surface area contributed by atoms with E-state index in [1.54, 1.807) is 6.92 Å². The molecule has 0 heterocycles. The third kappa shape index (κ3) is 3.77. The van der Waals surface area contributed by atoms with E-state index >= 15 is 0 Å². The van der Waals surface area contributed by atoms with Gasteiger partial charge in [-0.15, -0.1) is 0 Å². The van der Waals surface area contributed by atoms with Crippen LogP contribution in [0.2, 0.25) is 0 Å². The van der Waals surface area contributed by atoms with E-state index in [0.717, 1.165) is 6.07 Å². The van der Waals surface area contributed by atoms with Crippen LogP contribution in [0.3, 0.4) is 0 Å². The highest BCUT2D eigenvalue weighted by molar-refractivity contribution is 5.70. The molecule has 2 unspecified atom stereocenters. The van der Waals surface area contributed by atoms with Crippen molar-refractivity contribution in [2.24, 2.45) is 17.6 Å². The van der Waals surface area contributed by atoms with E-state index in [0.29, 0.717) is 12.8 Å². The summed E-state index contributed by atoms with van der Waals surface area (Å²) >= 11 is 0. The zero-order chi connectivity index (χ0) is 13.7. The van der Waals surface area contributed by atoms with Crippen molar-refractivity contribution in [3.63, 3.8) is 0 Å². The highest BCUT2D eigenvalue weighted by Crippen LogP contribution is 2.20. The van der Waals surface area contributed by atoms with Crippen LogP contribution < -0.4 is 5.73 Å². The summed E-state index contributed by atoms with van der Waals surface area (Å²) < 4.78 is 26.4. The number of carboxylic acids is 1. The lowest BCUT2D eigenvalue weighted by molar-refractivity contribution is -0.141. The molecule has 0 aliphatic rings. The number of aliphatic carboxylic acids is 1. The first-order valence-corrected chi connectivity index (χ1v) is 5.81. The fraction of sp³-hybridized carbons (Fsp3) is 0.462. The lowest BCUT2D eigenvalue weighted by Gasteiger charge is -2.16. The minimum atomic E-state index is -0.955. The predicted molar refractivity (Wildman–Crippen MR) is 64.0 cm³/mol. The average molecular weight is 257 g/mol. The molecule has 0 fully saturated rings. The molecule has 0 radical (unpaired) electrons. The number of hydrogen-bond acceptors (Lipinski definition) is 2. The third-order valence-corrected chi connectivity index (χ3v) is 2.92. The van der Waals surface area contributed by atoms with Crippen LogP contribution in [0.25, 0.3) is 0 Å². The number of rotatable bonds is 6. The van der Waals surface area contributed by atoms with E-state index in [4.69, 9.17) is 10.8 Å². The van der Waals surface area contributed by atoms with Crippen LogP contribution >= 0.6 is 0 Å². The van der Waals surface area contributed by atoms with E-state index in [2.05, 4.69) is 0 Å². The van der Waals surface area contributed by atoms with E-state index in [1.165, 1.54) is 12.1 Å². The Morgan fingerprint density at radius 3 is 2.67 bits per heavy atom. The van der Waals surface area contributed by atoms with Gasteiger partial charge in [-0.05, 0) is 30.4 Å². The second kappa shape index (κ2) is 6.44. The summed E-state index contributed by atoms with van der Waals surface area (Å²) in [5, 5.41) is 8.87. The van der Waals surface area contributed by atoms with Crippen LogP contribution in [-0.4, -0.2) is 17.6 Å². The summed E-state index contributed by atoms with van der Waals surface area (Å²) in [5.74, 6) is -3.41. The van der Waals surface area contributed by atoms with E-state index in [9.17, 15) is 13.6 Å². The average Bonchev–Trinajstić information content (AvgIpc) is 2.31. The Balaban J connectivity index is 2.67. The largest absolute Gasteiger partial charge is 0.481 e. The standard InChI is InChI=1S/C13H17F2NO2/c1-8(6-10(7-16)13(17)18)5-9-3-2-4-11(14)12(9)15/h2-4,8,10H,5-7,16H2,1H3,(H,17,18). The van der Waals surface area contributed by atoms with Crippen LogP contribution in [0.1, 0.15) is 18.9 Å². The summed E-state index contributed by atoms with van der Waals surface area (Å²) in [5.41, 5.74) is 5.62. The van der Waals surface area contributed by atoms with E-state index in [1.807, 2.05) is 0 Å². The quantitative estimate of drug-likeness (QED) is 0.821. The van der Waals surface area contributed by atoms with Gasteiger partial charge in [-0.2, -0.15) is 0 Å². The Morgan fingerprint density at radius 1 is 1.44 bits per heavy atom. The number of carbonyl (C=O) groups is 1. The molecule has 18 heavy (non-hydrogen) atoms. The van der Waals surface area contributed by atoms with Crippen LogP contribution in [0.15, 0.2) is 18.2 Å². The minimum Gasteiger partial charge on any atom is -0.481 e. The first-order chi connectivity index (χ1) is 8.45. The Bertz CT molecular complexity index is 423. The minimum absolute atomic E-state index is 0.0469. The normalized spacial score (nSPS) is 14.2. The van der Waals surface area contributed by atoms with Crippen LogP contribution in [0.4, 0.5) is 8.78 Å². The Hall–Kier alpha value is -1.49. The molecule has 3 nitrogen and oxygen atoms in total. The maximum atomic E-state index is 13.4. The summed E-state index contributed by atoms with van der Waals surface area (Å²) in [6, 6.07) is 4.01. The Morgan fingerprint density at radius 2 is 2.11 bits per heavy atom. The van der Waals surface area contributed by atoms with Gasteiger partial charge in [0.2, 0.25) is 0 Å². The van der Waals surface area contributed by atoms with Gasteiger partial charge in [-0.1, -0.05) is 19.1 Å². The lowest BCUT2D eigenvalue weighted by atomic mass is 9.90. The van der Waals surface area contributed by atoms with E-state index < -0.39 is 23.5 Å². The molecule has 0 spiro atoms. The van der Waals surface area contributed by atoms with Crippen molar-refractivity contribution < 1.29 is 18.7 Å². The molecule has 0 aliphatic carbocycles. The van der Waals surface area contributed by atoms with Crippen LogP contribution in [0.5, 0.6) is 0 Å². The highest BCUT2D eigenvalue weighted by Gasteiger charge is 2.20. The summed E-state index contributed by atoms with van der Waals surface area (Å²) in [4.78, 5) is 10.8. The van der Waals surface area contributed by atoms with E-state index in [-0.39, 0.29) is 18.0 Å². The number of hydrogen-bond donors (Lipinski definition) is 2. The van der Waals surface area contributed by atoms with Gasteiger partial charge in [0, 0.05) is 6.54 Å². The van der Waals surface area contributed by atoms with Crippen molar-refractivity contribution in [2.75, 3.05) is 6.54 Å². The first-order valence-electron chi connectivity index (χ1n) is 5.81. The van der Waals surface area contributed by atoms with Gasteiger partial charge in [0.15, 0.2) is 11.6 Å². The molecule has 5 heteroatoms. The molecule has 0 amide bonds. The Kier molecular flexibility index (Phi) is 5.22. The molecule has 0 bridgehead atoms. The number of benzene rings is 1. The van der Waals surface area contributed by atoms with Crippen molar-refractivity contribution in [1.82, 2.24) is 0 Å². The van der Waals surface area contributed by atoms with Gasteiger partial charge >= 0.3 is 5.97 Å². The molecule has 100 valence electrons. The molecule has 0 saturated carbocycles. The molecule has 1 rings (SSSR count). The summed E-state index contributed by atoms with van der Waals surface area (Å²) in [7, 11) is 0. The van der Waals surface area contributed by atoms with Gasteiger partial charge in [0.25, 0.3) is 0 Å². The van der Waals surface area contributed by atoms with Gasteiger partial charge in [0.05, 0.1) is 5.92 Å². The molecule has 0 saturated heterocycles. The van der Waals surface area contributed by atoms with Crippen molar-refractivity contribution in [1.29, 1.82) is 0 Å². The fourth-order valence-corrected chi connectivity index (χ4v) is 1.95. The number of halogens is 2. The Labute approximate surface area is 105 Å². The van der Waals surface area contributed by atoms with Gasteiger partial charge in [0.1, 0.15) is 0 Å². The SMILES string of the molecule is CC(Cc1cccc(F)c1F)CC(CN)C(=O)O. The van der Waals surface area contributed by atoms with Crippen molar-refractivity contribution in [3.05, 3.63) is 35.4 Å². The topological polar surface area (TPSA) is 63.3 Å². The van der Waals surface area contributed by atoms with Gasteiger partial charge < -0.3 is 10.8 Å². The van der Waals surface area contributed by atoms with Crippen LogP contribution in [-0.2, 0) is 11.2 Å². The maximum Gasteiger partial charge on any atom is 0.307 e. The molecule has 2 atom stereocenters. The zero-order valence-corrected chi connectivity index (χ0v) is 10.2. The van der Waals surface area contributed by atoms with Crippen molar-refractivity contribution in [3.8, 4) is 0 Å². The first kappa shape index (κ1) is 14.6. The van der Waals surface area contributed by atoms with Crippen molar-refractivity contribution >= 4 is 5.97 Å². The lowest BCUT2D eigenvalue weighted by Crippen LogP contribution is -2.25. The fourth-order valence-electron chi connectivity index (χ4n) is 1.95. The second-order valence-electron chi connectivity index (χ2n) is 4.53. The summed E-state index contributed by atoms with van der Waals surface area (Å²) in [6.07, 6.45) is 0.648. The van der Waals surface area contributed by atoms with Gasteiger partial charge in [-0.3, -0.25) is 4.79 Å². The smallest absolute Gasteiger partial charge is 0.307 e. The molecule has 0 aliphatic heterocycles. The molecular formula is C13H17F2NO2. The second-order valence-corrected chi connectivity index (χ2v) is 4.53. The number of carboxylic acid groups (broad SMARTS) is 1. The van der Waals surface area contributed by atoms with Crippen LogP contribution in [0, 0.1) is 23.5 Å². The number of nitrogens with two attached hydrogens (primary N) is 1. The molecule has 1 aromatic carbocycles. The third-order valence-electron chi connectivity index (χ3n) is 2.92. The molecule has 0 aromatic heterocycles. The zero-order valence-electron chi connectivity index (χ0n) is 10.2. The monoisotopic (exact) mass is 257 g/mol. The summed E-state index contributed by atoms with van der Waals surface area (Å²) in [6.45, 7) is 1.85. The van der Waals surface area contributed by atoms with Crippen molar-refractivity contribution in [2.45, 2.75) is 19.8 Å².